The van der Waals surface area contributed by atoms with Gasteiger partial charge >= 0.3 is 5.97 Å². The van der Waals surface area contributed by atoms with Crippen LogP contribution in [0.3, 0.4) is 0 Å². The van der Waals surface area contributed by atoms with Gasteiger partial charge in [0.25, 0.3) is 0 Å². The molecule has 100 valence electrons. The van der Waals surface area contributed by atoms with Gasteiger partial charge in [-0.05, 0) is 39.5 Å². The number of aromatic carboxylic acids is 1. The van der Waals surface area contributed by atoms with Crippen LogP contribution in [0.15, 0.2) is 34.1 Å². The van der Waals surface area contributed by atoms with Crippen molar-refractivity contribution in [2.24, 2.45) is 0 Å². The lowest BCUT2D eigenvalue weighted by atomic mass is 10.2. The maximum absolute atomic E-state index is 11.2. The molecular weight excluding hydrogens is 332 g/mol. The number of para-hydroxylation sites is 1. The molecule has 1 aromatic carbocycles. The highest BCUT2D eigenvalue weighted by molar-refractivity contribution is 9.10. The fourth-order valence-electron chi connectivity index (χ4n) is 1.56. The minimum Gasteiger partial charge on any atom is -0.493 e. The average Bonchev–Trinajstić information content (AvgIpc) is 2.81. The first-order chi connectivity index (χ1) is 9.13. The van der Waals surface area contributed by atoms with Gasteiger partial charge < -0.3 is 14.6 Å². The molecule has 0 atom stereocenters. The largest absolute Gasteiger partial charge is 0.493 e. The molecule has 0 aliphatic carbocycles. The predicted molar refractivity (Wildman–Crippen MR) is 76.3 cm³/mol. The first kappa shape index (κ1) is 13.9. The van der Waals surface area contributed by atoms with E-state index in [1.807, 2.05) is 11.4 Å². The van der Waals surface area contributed by atoms with Crippen molar-refractivity contribution < 1.29 is 19.4 Å². The van der Waals surface area contributed by atoms with E-state index in [9.17, 15) is 4.79 Å². The maximum Gasteiger partial charge on any atom is 0.339 e. The Labute approximate surface area is 122 Å². The molecule has 19 heavy (non-hydrogen) atoms. The standard InChI is InChI=1S/C13H11BrO4S/c1-17-10-4-2-3-8(13(15)16)12(10)18-7-11-9(14)5-6-19-11/h2-6H,7H2,1H3,(H,15,16). The van der Waals surface area contributed by atoms with Gasteiger partial charge in [0.05, 0.1) is 12.0 Å². The van der Waals surface area contributed by atoms with Crippen LogP contribution in [-0.4, -0.2) is 18.2 Å². The van der Waals surface area contributed by atoms with Crippen molar-refractivity contribution in [3.05, 3.63) is 44.6 Å². The first-order valence-corrected chi connectivity index (χ1v) is 7.05. The van der Waals surface area contributed by atoms with E-state index in [1.165, 1.54) is 24.5 Å². The Balaban J connectivity index is 2.28. The van der Waals surface area contributed by atoms with Crippen molar-refractivity contribution in [2.45, 2.75) is 6.61 Å². The zero-order valence-electron chi connectivity index (χ0n) is 10.1. The lowest BCUT2D eigenvalue weighted by molar-refractivity contribution is 0.0691. The van der Waals surface area contributed by atoms with Crippen molar-refractivity contribution in [3.8, 4) is 11.5 Å². The van der Waals surface area contributed by atoms with Gasteiger partial charge in [-0.15, -0.1) is 11.3 Å². The number of rotatable bonds is 5. The molecule has 0 amide bonds. The summed E-state index contributed by atoms with van der Waals surface area (Å²) in [6, 6.07) is 6.70. The minimum atomic E-state index is -1.04. The summed E-state index contributed by atoms with van der Waals surface area (Å²) in [6.45, 7) is 0.291. The lowest BCUT2D eigenvalue weighted by Crippen LogP contribution is -2.04. The predicted octanol–water partition coefficient (Wildman–Crippen LogP) is 3.80. The number of carboxylic acids is 1. The number of carbonyl (C=O) groups is 1. The average molecular weight is 343 g/mol. The molecule has 0 saturated carbocycles. The highest BCUT2D eigenvalue weighted by atomic mass is 79.9. The van der Waals surface area contributed by atoms with Crippen LogP contribution in [0.25, 0.3) is 0 Å². The van der Waals surface area contributed by atoms with E-state index >= 15 is 0 Å². The van der Waals surface area contributed by atoms with Gasteiger partial charge in [0.2, 0.25) is 0 Å². The number of halogens is 1. The molecule has 2 rings (SSSR count). The summed E-state index contributed by atoms with van der Waals surface area (Å²) in [5, 5.41) is 11.1. The Morgan fingerprint density at radius 2 is 2.21 bits per heavy atom. The number of methoxy groups -OCH3 is 1. The zero-order valence-corrected chi connectivity index (χ0v) is 12.5. The molecule has 1 N–H and O–H groups in total. The van der Waals surface area contributed by atoms with Crippen LogP contribution in [0.2, 0.25) is 0 Å². The van der Waals surface area contributed by atoms with Crippen LogP contribution < -0.4 is 9.47 Å². The molecule has 1 heterocycles. The van der Waals surface area contributed by atoms with Crippen molar-refractivity contribution in [1.82, 2.24) is 0 Å². The van der Waals surface area contributed by atoms with Crippen LogP contribution in [-0.2, 0) is 6.61 Å². The summed E-state index contributed by atoms with van der Waals surface area (Å²) in [6.07, 6.45) is 0. The van der Waals surface area contributed by atoms with E-state index in [2.05, 4.69) is 15.9 Å². The lowest BCUT2D eigenvalue weighted by Gasteiger charge is -2.12. The van der Waals surface area contributed by atoms with E-state index in [1.54, 1.807) is 12.1 Å². The summed E-state index contributed by atoms with van der Waals surface area (Å²) < 4.78 is 11.7. The van der Waals surface area contributed by atoms with Gasteiger partial charge in [-0.2, -0.15) is 0 Å². The van der Waals surface area contributed by atoms with E-state index in [-0.39, 0.29) is 11.3 Å². The third kappa shape index (κ3) is 3.08. The summed E-state index contributed by atoms with van der Waals surface area (Å²) in [5.41, 5.74) is 0.0898. The molecule has 2 aromatic rings. The second-order valence-electron chi connectivity index (χ2n) is 3.62. The van der Waals surface area contributed by atoms with E-state index in [0.29, 0.717) is 12.4 Å². The van der Waals surface area contributed by atoms with Crippen molar-refractivity contribution in [2.75, 3.05) is 7.11 Å². The number of thiophene rings is 1. The summed E-state index contributed by atoms with van der Waals surface area (Å²) >= 11 is 4.94. The van der Waals surface area contributed by atoms with Gasteiger partial charge in [-0.3, -0.25) is 0 Å². The smallest absolute Gasteiger partial charge is 0.339 e. The van der Waals surface area contributed by atoms with Gasteiger partial charge in [0, 0.05) is 4.47 Å². The molecule has 4 nitrogen and oxygen atoms in total. The van der Waals surface area contributed by atoms with Crippen LogP contribution in [0.4, 0.5) is 0 Å². The van der Waals surface area contributed by atoms with Crippen LogP contribution in [0, 0.1) is 0 Å². The monoisotopic (exact) mass is 342 g/mol. The molecule has 0 unspecified atom stereocenters. The van der Waals surface area contributed by atoms with E-state index in [4.69, 9.17) is 14.6 Å². The molecule has 0 fully saturated rings. The summed E-state index contributed by atoms with van der Waals surface area (Å²) in [4.78, 5) is 12.2. The van der Waals surface area contributed by atoms with Crippen LogP contribution >= 0.6 is 27.3 Å². The zero-order chi connectivity index (χ0) is 13.8. The fourth-order valence-corrected chi connectivity index (χ4v) is 2.94. The normalized spacial score (nSPS) is 10.2. The Bertz CT molecular complexity index is 594. The third-order valence-electron chi connectivity index (χ3n) is 2.47. The van der Waals surface area contributed by atoms with Crippen molar-refractivity contribution in [3.63, 3.8) is 0 Å². The van der Waals surface area contributed by atoms with Gasteiger partial charge in [-0.1, -0.05) is 6.07 Å². The highest BCUT2D eigenvalue weighted by Crippen LogP contribution is 2.33. The number of benzene rings is 1. The topological polar surface area (TPSA) is 55.8 Å². The molecule has 0 spiro atoms. The minimum absolute atomic E-state index is 0.0898. The number of hydrogen-bond acceptors (Lipinski definition) is 4. The SMILES string of the molecule is COc1cccc(C(=O)O)c1OCc1sccc1Br. The second kappa shape index (κ2) is 6.08. The van der Waals surface area contributed by atoms with Gasteiger partial charge in [-0.25, -0.2) is 4.79 Å². The summed E-state index contributed by atoms with van der Waals surface area (Å²) in [5.74, 6) is -0.385. The Morgan fingerprint density at radius 3 is 2.79 bits per heavy atom. The van der Waals surface area contributed by atoms with E-state index < -0.39 is 5.97 Å². The molecule has 6 heteroatoms. The van der Waals surface area contributed by atoms with Crippen LogP contribution in [0.1, 0.15) is 15.2 Å². The molecule has 0 aliphatic heterocycles. The van der Waals surface area contributed by atoms with E-state index in [0.717, 1.165) is 9.35 Å². The molecule has 0 aliphatic rings. The quantitative estimate of drug-likeness (QED) is 0.897. The number of hydrogen-bond donors (Lipinski definition) is 1. The molecular formula is C13H11BrO4S. The first-order valence-electron chi connectivity index (χ1n) is 5.38. The molecule has 0 bridgehead atoms. The Hall–Kier alpha value is -1.53. The van der Waals surface area contributed by atoms with Gasteiger partial charge in [0.15, 0.2) is 11.5 Å². The second-order valence-corrected chi connectivity index (χ2v) is 5.48. The molecule has 0 radical (unpaired) electrons. The number of carboxylic acid groups (broad SMARTS) is 1. The maximum atomic E-state index is 11.2. The summed E-state index contributed by atoms with van der Waals surface area (Å²) in [7, 11) is 1.48. The van der Waals surface area contributed by atoms with Gasteiger partial charge in [0.1, 0.15) is 12.2 Å². The Morgan fingerprint density at radius 1 is 1.42 bits per heavy atom. The Kier molecular flexibility index (Phi) is 4.44. The van der Waals surface area contributed by atoms with Crippen molar-refractivity contribution in [1.29, 1.82) is 0 Å². The molecule has 1 aromatic heterocycles. The molecule has 0 saturated heterocycles. The highest BCUT2D eigenvalue weighted by Gasteiger charge is 2.16. The van der Waals surface area contributed by atoms with Crippen molar-refractivity contribution >= 4 is 33.2 Å². The number of ether oxygens (including phenoxy) is 2. The fraction of sp³-hybridized carbons (Fsp3) is 0.154. The van der Waals surface area contributed by atoms with Crippen LogP contribution in [0.5, 0.6) is 11.5 Å². The third-order valence-corrected chi connectivity index (χ3v) is 4.37.